The summed E-state index contributed by atoms with van der Waals surface area (Å²) in [6.07, 6.45) is 0.650. The molecule has 142 valence electrons. The first-order valence-electron chi connectivity index (χ1n) is 9.13. The number of hydrogen-bond acceptors (Lipinski definition) is 5. The molecule has 2 aliphatic rings. The Hall–Kier alpha value is -2.64. The fraction of sp³-hybridized carbons (Fsp3) is 0.350. The predicted molar refractivity (Wildman–Crippen MR) is 103 cm³/mol. The smallest absolute Gasteiger partial charge is 0.249 e. The summed E-state index contributed by atoms with van der Waals surface area (Å²) >= 11 is 0. The minimum atomic E-state index is -0.448. The van der Waals surface area contributed by atoms with Gasteiger partial charge in [0.25, 0.3) is 0 Å². The summed E-state index contributed by atoms with van der Waals surface area (Å²) in [5, 5.41) is 3.13. The Morgan fingerprint density at radius 3 is 2.59 bits per heavy atom. The molecule has 0 aliphatic carbocycles. The van der Waals surface area contributed by atoms with Crippen LogP contribution in [0.25, 0.3) is 0 Å². The van der Waals surface area contributed by atoms with Gasteiger partial charge >= 0.3 is 0 Å². The van der Waals surface area contributed by atoms with Gasteiger partial charge in [-0.25, -0.2) is 4.39 Å². The number of nitrogens with zero attached hydrogens (tertiary/aromatic N) is 1. The molecule has 2 aromatic carbocycles. The third-order valence-electron chi connectivity index (χ3n) is 5.20. The summed E-state index contributed by atoms with van der Waals surface area (Å²) in [5.41, 5.74) is 8.89. The molecule has 0 radical (unpaired) electrons. The normalized spacial score (nSPS) is 20.3. The number of halogens is 1. The predicted octanol–water partition coefficient (Wildman–Crippen LogP) is 2.24. The number of para-hydroxylation sites is 1. The van der Waals surface area contributed by atoms with Crippen molar-refractivity contribution in [1.82, 2.24) is 10.9 Å². The summed E-state index contributed by atoms with van der Waals surface area (Å²) in [5.74, 6) is 0.115. The highest BCUT2D eigenvalue weighted by atomic mass is 19.1. The zero-order valence-corrected chi connectivity index (χ0v) is 15.2. The van der Waals surface area contributed by atoms with E-state index in [2.05, 4.69) is 28.3 Å². The first-order valence-corrected chi connectivity index (χ1v) is 9.13. The van der Waals surface area contributed by atoms with Crippen molar-refractivity contribution in [2.24, 2.45) is 0 Å². The van der Waals surface area contributed by atoms with E-state index < -0.39 is 11.9 Å². The van der Waals surface area contributed by atoms with Gasteiger partial charge < -0.3 is 15.0 Å². The monoisotopic (exact) mass is 370 g/mol. The molecule has 2 aliphatic heterocycles. The van der Waals surface area contributed by atoms with Crippen LogP contribution in [0, 0.1) is 5.82 Å². The van der Waals surface area contributed by atoms with Crippen molar-refractivity contribution >= 4 is 17.3 Å². The van der Waals surface area contributed by atoms with E-state index in [0.717, 1.165) is 18.8 Å². The van der Waals surface area contributed by atoms with Gasteiger partial charge in [0.1, 0.15) is 6.04 Å². The van der Waals surface area contributed by atoms with Crippen LogP contribution in [-0.4, -0.2) is 38.7 Å². The van der Waals surface area contributed by atoms with Crippen LogP contribution in [0.3, 0.4) is 0 Å². The van der Waals surface area contributed by atoms with Gasteiger partial charge in [-0.05, 0) is 36.2 Å². The van der Waals surface area contributed by atoms with Crippen LogP contribution in [0.15, 0.2) is 42.5 Å². The maximum absolute atomic E-state index is 13.9. The molecule has 1 unspecified atom stereocenters. The fourth-order valence-electron chi connectivity index (χ4n) is 3.71. The first-order chi connectivity index (χ1) is 13.2. The highest BCUT2D eigenvalue weighted by molar-refractivity contribution is 6.01. The Morgan fingerprint density at radius 1 is 1.15 bits per heavy atom. The average molecular weight is 370 g/mol. The quantitative estimate of drug-likeness (QED) is 0.753. The Labute approximate surface area is 157 Å². The van der Waals surface area contributed by atoms with Crippen LogP contribution in [0.1, 0.15) is 17.9 Å². The van der Waals surface area contributed by atoms with Gasteiger partial charge in [-0.1, -0.05) is 18.2 Å². The Bertz CT molecular complexity index is 821. The Balaban J connectivity index is 1.46. The van der Waals surface area contributed by atoms with Gasteiger partial charge in [-0.3, -0.25) is 15.6 Å². The van der Waals surface area contributed by atoms with Gasteiger partial charge in [-0.15, -0.1) is 0 Å². The van der Waals surface area contributed by atoms with Crippen molar-refractivity contribution in [3.63, 3.8) is 0 Å². The average Bonchev–Trinajstić information content (AvgIpc) is 3.33. The number of ether oxygens (including phenoxy) is 1. The van der Waals surface area contributed by atoms with Crippen molar-refractivity contribution < 1.29 is 13.9 Å². The Kier molecular flexibility index (Phi) is 4.96. The van der Waals surface area contributed by atoms with E-state index in [-0.39, 0.29) is 11.7 Å². The number of benzene rings is 2. The number of hydrogen-bond donors (Lipinski definition) is 3. The number of carbonyl (C=O) groups is 1. The van der Waals surface area contributed by atoms with Crippen LogP contribution in [0.4, 0.5) is 15.8 Å². The lowest BCUT2D eigenvalue weighted by Gasteiger charge is -2.19. The van der Waals surface area contributed by atoms with Crippen molar-refractivity contribution in [3.8, 4) is 5.75 Å². The van der Waals surface area contributed by atoms with Crippen molar-refractivity contribution in [2.75, 3.05) is 37.0 Å². The van der Waals surface area contributed by atoms with Gasteiger partial charge in [0, 0.05) is 31.2 Å². The van der Waals surface area contributed by atoms with E-state index in [1.807, 2.05) is 12.1 Å². The number of rotatable bonds is 5. The minimum absolute atomic E-state index is 0.0155. The number of methoxy groups -OCH3 is 1. The molecule has 7 heteroatoms. The van der Waals surface area contributed by atoms with Gasteiger partial charge in [-0.2, -0.15) is 0 Å². The molecule has 1 amide bonds. The second-order valence-corrected chi connectivity index (χ2v) is 6.85. The van der Waals surface area contributed by atoms with E-state index in [9.17, 15) is 9.18 Å². The van der Waals surface area contributed by atoms with E-state index in [4.69, 9.17) is 4.74 Å². The van der Waals surface area contributed by atoms with Crippen LogP contribution in [-0.2, 0) is 4.79 Å². The molecular formula is C20H23FN4O2. The Morgan fingerprint density at radius 2 is 1.89 bits per heavy atom. The molecule has 0 bridgehead atoms. The molecule has 1 atom stereocenters. The standard InChI is InChI=1S/C20H23FN4O2/c1-27-19-16(21)3-2-4-17(19)24-18-9-10-25(20(18)26)15-7-5-13(6-8-15)14-11-22-23-12-14/h2-8,14,18,22-24H,9-12H2,1H3. The molecule has 3 N–H and O–H groups in total. The van der Waals surface area contributed by atoms with Crippen LogP contribution >= 0.6 is 0 Å². The largest absolute Gasteiger partial charge is 0.492 e. The lowest BCUT2D eigenvalue weighted by Crippen LogP contribution is -2.33. The minimum Gasteiger partial charge on any atom is -0.492 e. The molecule has 2 aromatic rings. The summed E-state index contributed by atoms with van der Waals surface area (Å²) in [7, 11) is 1.42. The summed E-state index contributed by atoms with van der Waals surface area (Å²) < 4.78 is 19.0. The number of anilines is 2. The van der Waals surface area contributed by atoms with E-state index in [0.29, 0.717) is 24.6 Å². The third kappa shape index (κ3) is 3.48. The van der Waals surface area contributed by atoms with Crippen LogP contribution in [0.5, 0.6) is 5.75 Å². The highest BCUT2D eigenvalue weighted by Gasteiger charge is 2.33. The highest BCUT2D eigenvalue weighted by Crippen LogP contribution is 2.31. The lowest BCUT2D eigenvalue weighted by molar-refractivity contribution is -0.117. The van der Waals surface area contributed by atoms with Crippen LogP contribution < -0.4 is 25.8 Å². The SMILES string of the molecule is COc1c(F)cccc1NC1CCN(c2ccc(C3CNNC3)cc2)C1=O. The summed E-state index contributed by atoms with van der Waals surface area (Å²) in [4.78, 5) is 14.6. The lowest BCUT2D eigenvalue weighted by atomic mass is 10.00. The van der Waals surface area contributed by atoms with E-state index >= 15 is 0 Å². The summed E-state index contributed by atoms with van der Waals surface area (Å²) in [6.45, 7) is 2.44. The maximum Gasteiger partial charge on any atom is 0.249 e. The van der Waals surface area contributed by atoms with Crippen molar-refractivity contribution in [3.05, 3.63) is 53.8 Å². The molecule has 2 fully saturated rings. The van der Waals surface area contributed by atoms with Gasteiger partial charge in [0.2, 0.25) is 5.91 Å². The number of nitrogens with one attached hydrogen (secondary N) is 3. The summed E-state index contributed by atoms with van der Waals surface area (Å²) in [6, 6.07) is 12.4. The molecule has 0 saturated carbocycles. The van der Waals surface area contributed by atoms with Crippen molar-refractivity contribution in [2.45, 2.75) is 18.4 Å². The van der Waals surface area contributed by atoms with Gasteiger partial charge in [0.05, 0.1) is 12.8 Å². The number of carbonyl (C=O) groups excluding carboxylic acids is 1. The number of amides is 1. The molecule has 4 rings (SSSR count). The van der Waals surface area contributed by atoms with Gasteiger partial charge in [0.15, 0.2) is 11.6 Å². The molecule has 0 aromatic heterocycles. The maximum atomic E-state index is 13.9. The first kappa shape index (κ1) is 17.8. The molecular weight excluding hydrogens is 347 g/mol. The van der Waals surface area contributed by atoms with Crippen molar-refractivity contribution in [1.29, 1.82) is 0 Å². The third-order valence-corrected chi connectivity index (χ3v) is 5.20. The molecule has 0 spiro atoms. The van der Waals surface area contributed by atoms with Crippen LogP contribution in [0.2, 0.25) is 0 Å². The molecule has 27 heavy (non-hydrogen) atoms. The topological polar surface area (TPSA) is 65.6 Å². The second kappa shape index (κ2) is 7.54. The van der Waals surface area contributed by atoms with E-state index in [1.54, 1.807) is 17.0 Å². The number of hydrazine groups is 1. The van der Waals surface area contributed by atoms with E-state index in [1.165, 1.54) is 18.7 Å². The molecule has 6 nitrogen and oxygen atoms in total. The zero-order valence-electron chi connectivity index (χ0n) is 15.2. The molecule has 2 heterocycles. The fourth-order valence-corrected chi connectivity index (χ4v) is 3.71. The second-order valence-electron chi connectivity index (χ2n) is 6.85. The zero-order chi connectivity index (χ0) is 18.8. The molecule has 2 saturated heterocycles.